The van der Waals surface area contributed by atoms with Crippen molar-refractivity contribution < 1.29 is 5.11 Å². The molecule has 0 spiro atoms. The van der Waals surface area contributed by atoms with Gasteiger partial charge in [-0.2, -0.15) is 4.98 Å². The quantitative estimate of drug-likeness (QED) is 0.423. The highest BCUT2D eigenvalue weighted by atomic mass is 35.5. The summed E-state index contributed by atoms with van der Waals surface area (Å²) in [4.78, 5) is 7.67. The number of anilines is 2. The first kappa shape index (κ1) is 11.2. The van der Waals surface area contributed by atoms with Crippen LogP contribution < -0.4 is 11.1 Å². The number of nitrogens with two attached hydrogens (primary N) is 1. The van der Waals surface area contributed by atoms with Gasteiger partial charge in [0.25, 0.3) is 0 Å². The van der Waals surface area contributed by atoms with Crippen molar-refractivity contribution in [3.8, 4) is 0 Å². The molecule has 0 saturated carbocycles. The fourth-order valence-electron chi connectivity index (χ4n) is 1.69. The average Bonchev–Trinajstić information content (AvgIpc) is 2.68. The molecule has 5 nitrogen and oxygen atoms in total. The predicted octanol–water partition coefficient (Wildman–Crippen LogP) is 1.41. The largest absolute Gasteiger partial charge is 0.373 e. The van der Waals surface area contributed by atoms with Crippen molar-refractivity contribution in [2.24, 2.45) is 5.92 Å². The van der Waals surface area contributed by atoms with Gasteiger partial charge in [-0.3, -0.25) is 0 Å². The minimum absolute atomic E-state index is 0.0872. The van der Waals surface area contributed by atoms with Crippen LogP contribution in [0.15, 0.2) is 18.2 Å². The molecule has 1 aliphatic rings. The molecule has 0 saturated heterocycles. The summed E-state index contributed by atoms with van der Waals surface area (Å²) in [6.45, 7) is 0. The molecule has 1 heterocycles. The number of hydrogen-bond acceptors (Lipinski definition) is 5. The second-order valence-corrected chi connectivity index (χ2v) is 4.08. The van der Waals surface area contributed by atoms with Crippen LogP contribution in [0, 0.1) is 5.92 Å². The summed E-state index contributed by atoms with van der Waals surface area (Å²) in [5.74, 6) is 0.629. The Labute approximate surface area is 98.4 Å². The highest BCUT2D eigenvalue weighted by Gasteiger charge is 2.19. The number of allylic oxidation sites excluding steroid dienone is 1. The maximum atomic E-state index is 9.88. The van der Waals surface area contributed by atoms with Crippen LogP contribution in [0.5, 0.6) is 0 Å². The summed E-state index contributed by atoms with van der Waals surface area (Å²) < 4.78 is 0. The Kier molecular flexibility index (Phi) is 3.26. The van der Waals surface area contributed by atoms with Crippen molar-refractivity contribution in [2.45, 2.75) is 19.1 Å². The number of aromatic nitrogens is 2. The molecule has 0 aromatic carbocycles. The van der Waals surface area contributed by atoms with Crippen LogP contribution >= 0.6 is 11.6 Å². The van der Waals surface area contributed by atoms with Crippen molar-refractivity contribution in [2.75, 3.05) is 11.1 Å². The number of nitrogens with one attached hydrogen (secondary N) is 1. The molecule has 0 aliphatic heterocycles. The fourth-order valence-corrected chi connectivity index (χ4v) is 1.88. The Hall–Kier alpha value is -1.33. The molecule has 1 aromatic rings. The van der Waals surface area contributed by atoms with E-state index < -0.39 is 6.23 Å². The Morgan fingerprint density at radius 3 is 3.00 bits per heavy atom. The maximum absolute atomic E-state index is 9.88. The van der Waals surface area contributed by atoms with Gasteiger partial charge in [0.05, 0.1) is 0 Å². The number of nitrogen functional groups attached to an aromatic ring is 1. The van der Waals surface area contributed by atoms with Crippen molar-refractivity contribution in [3.63, 3.8) is 0 Å². The summed E-state index contributed by atoms with van der Waals surface area (Å²) in [7, 11) is 0. The van der Waals surface area contributed by atoms with Crippen LogP contribution in [0.2, 0.25) is 5.15 Å². The molecule has 6 heteroatoms. The number of rotatable bonds is 3. The zero-order valence-corrected chi connectivity index (χ0v) is 9.35. The second kappa shape index (κ2) is 4.67. The molecule has 16 heavy (non-hydrogen) atoms. The van der Waals surface area contributed by atoms with E-state index in [0.717, 1.165) is 12.8 Å². The molecule has 86 valence electrons. The van der Waals surface area contributed by atoms with Crippen molar-refractivity contribution in [3.05, 3.63) is 23.4 Å². The molecule has 1 aromatic heterocycles. The Morgan fingerprint density at radius 2 is 2.38 bits per heavy atom. The molecule has 2 unspecified atom stereocenters. The lowest BCUT2D eigenvalue weighted by Gasteiger charge is -2.18. The van der Waals surface area contributed by atoms with Crippen LogP contribution in [0.1, 0.15) is 12.8 Å². The van der Waals surface area contributed by atoms with Gasteiger partial charge in [0.1, 0.15) is 17.2 Å². The van der Waals surface area contributed by atoms with E-state index in [9.17, 15) is 5.11 Å². The Morgan fingerprint density at radius 1 is 1.56 bits per heavy atom. The van der Waals surface area contributed by atoms with Crippen molar-refractivity contribution in [1.29, 1.82) is 0 Å². The first-order valence-electron chi connectivity index (χ1n) is 5.06. The maximum Gasteiger partial charge on any atom is 0.223 e. The lowest BCUT2D eigenvalue weighted by atomic mass is 10.1. The lowest BCUT2D eigenvalue weighted by molar-refractivity contribution is 0.156. The number of aliphatic hydroxyl groups is 1. The van der Waals surface area contributed by atoms with E-state index >= 15 is 0 Å². The zero-order valence-electron chi connectivity index (χ0n) is 8.60. The van der Waals surface area contributed by atoms with Crippen molar-refractivity contribution >= 4 is 23.4 Å². The van der Waals surface area contributed by atoms with Crippen molar-refractivity contribution in [1.82, 2.24) is 9.97 Å². The summed E-state index contributed by atoms with van der Waals surface area (Å²) in [6.07, 6.45) is 5.29. The van der Waals surface area contributed by atoms with Gasteiger partial charge >= 0.3 is 0 Å². The van der Waals surface area contributed by atoms with Gasteiger partial charge in [0.2, 0.25) is 5.95 Å². The third-order valence-electron chi connectivity index (χ3n) is 2.46. The second-order valence-electron chi connectivity index (χ2n) is 3.69. The minimum atomic E-state index is -0.677. The topological polar surface area (TPSA) is 84.1 Å². The number of hydrogen-bond donors (Lipinski definition) is 3. The van der Waals surface area contributed by atoms with E-state index in [2.05, 4.69) is 21.4 Å². The van der Waals surface area contributed by atoms with Gasteiger partial charge in [-0.1, -0.05) is 23.8 Å². The number of aliphatic hydroxyl groups excluding tert-OH is 1. The van der Waals surface area contributed by atoms with E-state index in [1.54, 1.807) is 0 Å². The van der Waals surface area contributed by atoms with E-state index in [1.165, 1.54) is 6.07 Å². The molecule has 0 amide bonds. The molecule has 2 atom stereocenters. The SMILES string of the molecule is Nc1nc(Cl)cc(NC(O)C2C=CCC2)n1. The first-order valence-corrected chi connectivity index (χ1v) is 5.44. The summed E-state index contributed by atoms with van der Waals surface area (Å²) in [6, 6.07) is 1.53. The Balaban J connectivity index is 2.05. The summed E-state index contributed by atoms with van der Waals surface area (Å²) in [5.41, 5.74) is 5.45. The van der Waals surface area contributed by atoms with E-state index in [1.807, 2.05) is 6.08 Å². The predicted molar refractivity (Wildman–Crippen MR) is 62.9 cm³/mol. The molecular formula is C10H13ClN4O. The van der Waals surface area contributed by atoms with Gasteiger partial charge in [-0.05, 0) is 12.8 Å². The van der Waals surface area contributed by atoms with Gasteiger partial charge in [-0.15, -0.1) is 0 Å². The highest BCUT2D eigenvalue weighted by Crippen LogP contribution is 2.22. The lowest BCUT2D eigenvalue weighted by Crippen LogP contribution is -2.27. The van der Waals surface area contributed by atoms with Crippen LogP contribution in [-0.4, -0.2) is 21.3 Å². The molecular weight excluding hydrogens is 228 g/mol. The first-order chi connectivity index (χ1) is 7.65. The van der Waals surface area contributed by atoms with Crippen LogP contribution in [0.25, 0.3) is 0 Å². The van der Waals surface area contributed by atoms with Gasteiger partial charge in [0.15, 0.2) is 0 Å². The molecule has 2 rings (SSSR count). The van der Waals surface area contributed by atoms with Gasteiger partial charge in [-0.25, -0.2) is 4.98 Å². The third kappa shape index (κ3) is 2.62. The highest BCUT2D eigenvalue weighted by molar-refractivity contribution is 6.29. The number of nitrogens with zero attached hydrogens (tertiary/aromatic N) is 2. The molecule has 0 bridgehead atoms. The summed E-state index contributed by atoms with van der Waals surface area (Å²) >= 11 is 5.73. The average molecular weight is 241 g/mol. The number of halogens is 1. The van der Waals surface area contributed by atoms with Crippen LogP contribution in [-0.2, 0) is 0 Å². The monoisotopic (exact) mass is 240 g/mol. The van der Waals surface area contributed by atoms with Gasteiger partial charge < -0.3 is 16.2 Å². The third-order valence-corrected chi connectivity index (χ3v) is 2.66. The zero-order chi connectivity index (χ0) is 11.5. The van der Waals surface area contributed by atoms with Gasteiger partial charge in [0, 0.05) is 12.0 Å². The van der Waals surface area contributed by atoms with Crippen LogP contribution in [0.4, 0.5) is 11.8 Å². The standard InChI is InChI=1S/C10H13ClN4O/c11-7-5-8(15-10(12)13-7)14-9(16)6-3-1-2-4-6/h1,3,5-6,9,16H,2,4H2,(H3,12,13,14,15). The van der Waals surface area contributed by atoms with E-state index in [-0.39, 0.29) is 17.0 Å². The summed E-state index contributed by atoms with van der Waals surface area (Å²) in [5, 5.41) is 13.0. The Bertz CT molecular complexity index is 390. The van der Waals surface area contributed by atoms with E-state index in [4.69, 9.17) is 17.3 Å². The fraction of sp³-hybridized carbons (Fsp3) is 0.400. The molecule has 4 N–H and O–H groups in total. The minimum Gasteiger partial charge on any atom is -0.373 e. The normalized spacial score (nSPS) is 21.0. The molecule has 0 radical (unpaired) electrons. The van der Waals surface area contributed by atoms with E-state index in [0.29, 0.717) is 5.82 Å². The molecule has 0 fully saturated rings. The smallest absolute Gasteiger partial charge is 0.223 e. The molecule has 1 aliphatic carbocycles. The van der Waals surface area contributed by atoms with Crippen LogP contribution in [0.3, 0.4) is 0 Å².